The third-order valence-electron chi connectivity index (χ3n) is 3.69. The molecule has 136 valence electrons. The second-order valence-electron chi connectivity index (χ2n) is 6.92. The minimum Gasteiger partial charge on any atom is -0.443 e. The molecule has 0 spiro atoms. The molecule has 1 heterocycles. The molecular weight excluding hydrogens is 326 g/mol. The molecule has 1 aliphatic heterocycles. The molecule has 0 radical (unpaired) electrons. The highest BCUT2D eigenvalue weighted by molar-refractivity contribution is 6.11. The van der Waals surface area contributed by atoms with Crippen molar-refractivity contribution < 1.29 is 19.2 Å². The zero-order valence-electron chi connectivity index (χ0n) is 14.7. The SMILES string of the molecule is CC(C)(C)OC(=O)N(C(=O)N1CCCCC1)c1cccc([N+](=O)[O-])c1. The highest BCUT2D eigenvalue weighted by Crippen LogP contribution is 2.25. The van der Waals surface area contributed by atoms with Crippen LogP contribution in [0.3, 0.4) is 0 Å². The van der Waals surface area contributed by atoms with Crippen LogP contribution in [0.1, 0.15) is 40.0 Å². The highest BCUT2D eigenvalue weighted by atomic mass is 16.6. The van der Waals surface area contributed by atoms with Gasteiger partial charge in [-0.3, -0.25) is 10.1 Å². The average Bonchev–Trinajstić information content (AvgIpc) is 2.54. The van der Waals surface area contributed by atoms with E-state index in [1.807, 2.05) is 0 Å². The molecule has 0 saturated carbocycles. The average molecular weight is 349 g/mol. The standard InChI is InChI=1S/C17H23N3O5/c1-17(2,3)25-16(22)19(15(21)18-10-5-4-6-11-18)13-8-7-9-14(12-13)20(23)24/h7-9,12H,4-6,10-11H2,1-3H3. The monoisotopic (exact) mass is 349 g/mol. The van der Waals surface area contributed by atoms with Crippen molar-refractivity contribution in [3.63, 3.8) is 0 Å². The lowest BCUT2D eigenvalue weighted by atomic mass is 10.1. The maximum Gasteiger partial charge on any atom is 0.423 e. The fraction of sp³-hybridized carbons (Fsp3) is 0.529. The van der Waals surface area contributed by atoms with Crippen LogP contribution in [0.4, 0.5) is 21.0 Å². The summed E-state index contributed by atoms with van der Waals surface area (Å²) in [5.74, 6) is 0. The Labute approximate surface area is 146 Å². The first-order valence-corrected chi connectivity index (χ1v) is 8.25. The molecule has 3 amide bonds. The van der Waals surface area contributed by atoms with Gasteiger partial charge in [0.15, 0.2) is 0 Å². The zero-order chi connectivity index (χ0) is 18.6. The Balaban J connectivity index is 2.37. The molecular formula is C17H23N3O5. The van der Waals surface area contributed by atoms with Crippen molar-refractivity contribution in [2.75, 3.05) is 18.0 Å². The first kappa shape index (κ1) is 18.7. The lowest BCUT2D eigenvalue weighted by Crippen LogP contribution is -2.49. The Bertz CT molecular complexity index is 662. The summed E-state index contributed by atoms with van der Waals surface area (Å²) in [5, 5.41) is 11.0. The molecule has 1 aromatic rings. The van der Waals surface area contributed by atoms with Crippen molar-refractivity contribution in [1.29, 1.82) is 0 Å². The van der Waals surface area contributed by atoms with Gasteiger partial charge >= 0.3 is 12.1 Å². The number of hydrogen-bond donors (Lipinski definition) is 0. The number of rotatable bonds is 2. The van der Waals surface area contributed by atoms with E-state index in [2.05, 4.69) is 0 Å². The van der Waals surface area contributed by atoms with Crippen LogP contribution in [-0.4, -0.2) is 40.6 Å². The number of likely N-dealkylation sites (tertiary alicyclic amines) is 1. The molecule has 1 aromatic carbocycles. The molecule has 8 heteroatoms. The highest BCUT2D eigenvalue weighted by Gasteiger charge is 2.33. The number of benzene rings is 1. The van der Waals surface area contributed by atoms with Gasteiger partial charge in [0.25, 0.3) is 5.69 Å². The van der Waals surface area contributed by atoms with E-state index in [1.54, 1.807) is 25.7 Å². The van der Waals surface area contributed by atoms with E-state index in [9.17, 15) is 19.7 Å². The number of nitro groups is 1. The van der Waals surface area contributed by atoms with E-state index in [-0.39, 0.29) is 11.4 Å². The number of amides is 3. The Morgan fingerprint density at radius 3 is 2.40 bits per heavy atom. The van der Waals surface area contributed by atoms with Gasteiger partial charge in [0, 0.05) is 25.2 Å². The molecule has 0 bridgehead atoms. The van der Waals surface area contributed by atoms with Gasteiger partial charge in [-0.05, 0) is 46.1 Å². The predicted octanol–water partition coefficient (Wildman–Crippen LogP) is 3.94. The van der Waals surface area contributed by atoms with Gasteiger partial charge in [0.1, 0.15) is 5.60 Å². The fourth-order valence-electron chi connectivity index (χ4n) is 2.57. The lowest BCUT2D eigenvalue weighted by molar-refractivity contribution is -0.384. The molecule has 0 N–H and O–H groups in total. The van der Waals surface area contributed by atoms with Crippen molar-refractivity contribution in [3.05, 3.63) is 34.4 Å². The summed E-state index contributed by atoms with van der Waals surface area (Å²) in [6, 6.07) is 4.91. The van der Waals surface area contributed by atoms with Gasteiger partial charge in [0.2, 0.25) is 0 Å². The molecule has 1 saturated heterocycles. The van der Waals surface area contributed by atoms with Gasteiger partial charge in [-0.15, -0.1) is 0 Å². The number of carbonyl (C=O) groups is 2. The van der Waals surface area contributed by atoms with Crippen LogP contribution in [0, 0.1) is 10.1 Å². The van der Waals surface area contributed by atoms with Gasteiger partial charge in [-0.2, -0.15) is 4.90 Å². The van der Waals surface area contributed by atoms with Gasteiger partial charge < -0.3 is 9.64 Å². The molecule has 8 nitrogen and oxygen atoms in total. The maximum absolute atomic E-state index is 12.9. The Hall–Kier alpha value is -2.64. The molecule has 0 aromatic heterocycles. The number of piperidine rings is 1. The number of ether oxygens (including phenoxy) is 1. The summed E-state index contributed by atoms with van der Waals surface area (Å²) >= 11 is 0. The van der Waals surface area contributed by atoms with Gasteiger partial charge in [-0.1, -0.05) is 6.07 Å². The summed E-state index contributed by atoms with van der Waals surface area (Å²) < 4.78 is 5.34. The summed E-state index contributed by atoms with van der Waals surface area (Å²) in [5.41, 5.74) is -0.866. The molecule has 1 aliphatic rings. The smallest absolute Gasteiger partial charge is 0.423 e. The third-order valence-corrected chi connectivity index (χ3v) is 3.69. The zero-order valence-corrected chi connectivity index (χ0v) is 14.7. The summed E-state index contributed by atoms with van der Waals surface area (Å²) in [4.78, 5) is 38.4. The molecule has 1 fully saturated rings. The first-order chi connectivity index (χ1) is 11.7. The van der Waals surface area contributed by atoms with Crippen LogP contribution in [0.2, 0.25) is 0 Å². The minimum absolute atomic E-state index is 0.124. The Kier molecular flexibility index (Phi) is 5.61. The maximum atomic E-state index is 12.9. The number of imide groups is 1. The number of nitro benzene ring substituents is 1. The lowest BCUT2D eigenvalue weighted by Gasteiger charge is -2.32. The van der Waals surface area contributed by atoms with E-state index in [0.29, 0.717) is 13.1 Å². The van der Waals surface area contributed by atoms with E-state index >= 15 is 0 Å². The summed E-state index contributed by atoms with van der Waals surface area (Å²) in [7, 11) is 0. The van der Waals surface area contributed by atoms with Gasteiger partial charge in [-0.25, -0.2) is 9.59 Å². The molecule has 2 rings (SSSR count). The Morgan fingerprint density at radius 1 is 1.20 bits per heavy atom. The van der Waals surface area contributed by atoms with Crippen molar-refractivity contribution >= 4 is 23.5 Å². The quantitative estimate of drug-likeness (QED) is 0.595. The topological polar surface area (TPSA) is 93.0 Å². The summed E-state index contributed by atoms with van der Waals surface area (Å²) in [6.07, 6.45) is 1.92. The van der Waals surface area contributed by atoms with Crippen molar-refractivity contribution in [1.82, 2.24) is 4.90 Å². The second-order valence-corrected chi connectivity index (χ2v) is 6.92. The minimum atomic E-state index is -0.844. The van der Waals surface area contributed by atoms with Crippen LogP contribution < -0.4 is 4.90 Å². The molecule has 0 unspecified atom stereocenters. The largest absolute Gasteiger partial charge is 0.443 e. The van der Waals surface area contributed by atoms with Gasteiger partial charge in [0.05, 0.1) is 10.6 Å². The number of hydrogen-bond acceptors (Lipinski definition) is 5. The van der Waals surface area contributed by atoms with E-state index < -0.39 is 22.6 Å². The first-order valence-electron chi connectivity index (χ1n) is 8.25. The fourth-order valence-corrected chi connectivity index (χ4v) is 2.57. The van der Waals surface area contributed by atoms with E-state index in [1.165, 1.54) is 24.3 Å². The van der Waals surface area contributed by atoms with Crippen molar-refractivity contribution in [3.8, 4) is 0 Å². The number of urea groups is 1. The summed E-state index contributed by atoms with van der Waals surface area (Å²) in [6.45, 7) is 6.19. The third kappa shape index (κ3) is 4.91. The number of non-ortho nitro benzene ring substituents is 1. The number of nitrogens with zero attached hydrogens (tertiary/aromatic N) is 3. The number of carbonyl (C=O) groups excluding carboxylic acids is 2. The molecule has 0 aliphatic carbocycles. The van der Waals surface area contributed by atoms with E-state index in [4.69, 9.17) is 4.74 Å². The molecule has 25 heavy (non-hydrogen) atoms. The van der Waals surface area contributed by atoms with Crippen LogP contribution in [-0.2, 0) is 4.74 Å². The second kappa shape index (κ2) is 7.50. The number of anilines is 1. The van der Waals surface area contributed by atoms with E-state index in [0.717, 1.165) is 24.2 Å². The van der Waals surface area contributed by atoms with Crippen LogP contribution in [0.25, 0.3) is 0 Å². The van der Waals surface area contributed by atoms with Crippen LogP contribution in [0.15, 0.2) is 24.3 Å². The normalized spacial score (nSPS) is 14.8. The Morgan fingerprint density at radius 2 is 1.84 bits per heavy atom. The van der Waals surface area contributed by atoms with Crippen LogP contribution in [0.5, 0.6) is 0 Å². The predicted molar refractivity (Wildman–Crippen MR) is 92.6 cm³/mol. The van der Waals surface area contributed by atoms with Crippen LogP contribution >= 0.6 is 0 Å². The molecule has 0 atom stereocenters. The van der Waals surface area contributed by atoms with Crippen molar-refractivity contribution in [2.45, 2.75) is 45.6 Å². The van der Waals surface area contributed by atoms with Crippen molar-refractivity contribution in [2.24, 2.45) is 0 Å².